The lowest BCUT2D eigenvalue weighted by Gasteiger charge is -2.15. The number of amidine groups is 2. The largest absolute Gasteiger partial charge is 0.383 e. The molecule has 0 radical (unpaired) electrons. The molecule has 3 nitrogen and oxygen atoms in total. The first-order valence-electron chi connectivity index (χ1n) is 8.25. The summed E-state index contributed by atoms with van der Waals surface area (Å²) in [4.78, 5) is 4.13. The number of halogens is 1. The van der Waals surface area contributed by atoms with Gasteiger partial charge in [-0.05, 0) is 46.0 Å². The van der Waals surface area contributed by atoms with Gasteiger partial charge in [0.1, 0.15) is 11.7 Å². The Kier molecular flexibility index (Phi) is 3.42. The Morgan fingerprint density at radius 2 is 1.84 bits per heavy atom. The second-order valence-corrected chi connectivity index (χ2v) is 6.67. The van der Waals surface area contributed by atoms with Gasteiger partial charge in [0, 0.05) is 16.7 Å². The predicted molar refractivity (Wildman–Crippen MR) is 101 cm³/mol. The first-order valence-corrected chi connectivity index (χ1v) is 8.25. The molecule has 1 aliphatic rings. The maximum Gasteiger partial charge on any atom is 0.154 e. The van der Waals surface area contributed by atoms with Crippen LogP contribution in [0.3, 0.4) is 0 Å². The molecule has 0 bridgehead atoms. The smallest absolute Gasteiger partial charge is 0.154 e. The first kappa shape index (κ1) is 15.5. The van der Waals surface area contributed by atoms with Crippen LogP contribution in [0.2, 0.25) is 0 Å². The Hall–Kier alpha value is -3.01. The molecule has 25 heavy (non-hydrogen) atoms. The number of nitrogens with zero attached hydrogens (tertiary/aromatic N) is 1. The number of nitrogens with one attached hydrogen (secondary N) is 1. The molecule has 4 heteroatoms. The maximum atomic E-state index is 13.9. The van der Waals surface area contributed by atoms with Gasteiger partial charge in [0.15, 0.2) is 5.84 Å². The molecule has 0 amide bonds. The fraction of sp³-hybridized carbons (Fsp3) is 0.143. The highest BCUT2D eigenvalue weighted by Crippen LogP contribution is 2.38. The average molecular weight is 331 g/mol. The fourth-order valence-corrected chi connectivity index (χ4v) is 3.41. The van der Waals surface area contributed by atoms with Crippen LogP contribution in [0.15, 0.2) is 53.5 Å². The van der Waals surface area contributed by atoms with Gasteiger partial charge in [-0.1, -0.05) is 44.2 Å². The molecule has 124 valence electrons. The van der Waals surface area contributed by atoms with Gasteiger partial charge in [-0.3, -0.25) is 5.41 Å². The van der Waals surface area contributed by atoms with E-state index in [9.17, 15) is 4.39 Å². The summed E-state index contributed by atoms with van der Waals surface area (Å²) in [5.41, 5.74) is 10.3. The minimum absolute atomic E-state index is 0.153. The fourth-order valence-electron chi connectivity index (χ4n) is 3.41. The Labute approximate surface area is 145 Å². The molecule has 1 aliphatic heterocycles. The van der Waals surface area contributed by atoms with Crippen LogP contribution in [0.4, 0.5) is 4.39 Å². The molecule has 3 N–H and O–H groups in total. The van der Waals surface area contributed by atoms with Crippen molar-refractivity contribution in [2.45, 2.75) is 19.8 Å². The Balaban J connectivity index is 2.16. The van der Waals surface area contributed by atoms with E-state index in [2.05, 4.69) is 37.0 Å². The van der Waals surface area contributed by atoms with Crippen molar-refractivity contribution in [3.8, 4) is 11.1 Å². The molecule has 3 aromatic carbocycles. The molecule has 0 spiro atoms. The summed E-state index contributed by atoms with van der Waals surface area (Å²) in [7, 11) is 0. The van der Waals surface area contributed by atoms with E-state index in [1.807, 2.05) is 12.1 Å². The van der Waals surface area contributed by atoms with Crippen molar-refractivity contribution in [1.29, 1.82) is 5.41 Å². The molecule has 0 fully saturated rings. The first-order chi connectivity index (χ1) is 12.0. The van der Waals surface area contributed by atoms with Gasteiger partial charge < -0.3 is 5.73 Å². The van der Waals surface area contributed by atoms with Crippen LogP contribution in [0.25, 0.3) is 21.9 Å². The van der Waals surface area contributed by atoms with E-state index in [1.54, 1.807) is 6.07 Å². The normalized spacial score (nSPS) is 13.4. The van der Waals surface area contributed by atoms with Gasteiger partial charge in [-0.15, -0.1) is 0 Å². The lowest BCUT2D eigenvalue weighted by Crippen LogP contribution is -2.12. The van der Waals surface area contributed by atoms with Crippen LogP contribution in [0.5, 0.6) is 0 Å². The number of aliphatic imine (C=N–C) groups is 1. The third-order valence-electron chi connectivity index (χ3n) is 4.69. The SMILES string of the molecule is CC(C)c1ccc2cc3c(c(-c4cccc(F)c4)c2c1)C(N)=NC3=N. The van der Waals surface area contributed by atoms with Crippen molar-refractivity contribution in [2.24, 2.45) is 10.7 Å². The van der Waals surface area contributed by atoms with Gasteiger partial charge in [0.25, 0.3) is 0 Å². The van der Waals surface area contributed by atoms with Crippen molar-refractivity contribution < 1.29 is 4.39 Å². The van der Waals surface area contributed by atoms with Crippen LogP contribution in [0.1, 0.15) is 36.5 Å². The number of hydrogen-bond donors (Lipinski definition) is 2. The molecule has 0 atom stereocenters. The molecule has 0 saturated heterocycles. The molecule has 3 aromatic rings. The third-order valence-corrected chi connectivity index (χ3v) is 4.69. The van der Waals surface area contributed by atoms with E-state index in [1.165, 1.54) is 17.7 Å². The van der Waals surface area contributed by atoms with Gasteiger partial charge in [-0.25, -0.2) is 9.38 Å². The minimum atomic E-state index is -0.299. The van der Waals surface area contributed by atoms with Gasteiger partial charge >= 0.3 is 0 Å². The standard InChI is InChI=1S/C21H18FN3/c1-11(2)12-6-7-13-10-17-19(21(24)25-20(17)23)18(16(13)9-12)14-4-3-5-15(22)8-14/h3-11H,1-2H3,(H3,23,24,25). The number of hydrogen-bond acceptors (Lipinski definition) is 2. The number of benzene rings is 3. The molecule has 0 unspecified atom stereocenters. The summed E-state index contributed by atoms with van der Waals surface area (Å²) in [5, 5.41) is 10.1. The van der Waals surface area contributed by atoms with E-state index < -0.39 is 0 Å². The van der Waals surface area contributed by atoms with Crippen LogP contribution >= 0.6 is 0 Å². The van der Waals surface area contributed by atoms with E-state index in [4.69, 9.17) is 11.1 Å². The Bertz CT molecular complexity index is 1060. The van der Waals surface area contributed by atoms with E-state index >= 15 is 0 Å². The van der Waals surface area contributed by atoms with Gasteiger partial charge in [-0.2, -0.15) is 0 Å². The zero-order chi connectivity index (χ0) is 17.7. The zero-order valence-electron chi connectivity index (χ0n) is 14.1. The molecule has 0 aromatic heterocycles. The minimum Gasteiger partial charge on any atom is -0.383 e. The second-order valence-electron chi connectivity index (χ2n) is 6.67. The quantitative estimate of drug-likeness (QED) is 0.695. The van der Waals surface area contributed by atoms with Gasteiger partial charge in [0.05, 0.1) is 0 Å². The predicted octanol–water partition coefficient (Wildman–Crippen LogP) is 4.81. The van der Waals surface area contributed by atoms with Crippen molar-refractivity contribution in [2.75, 3.05) is 0 Å². The maximum absolute atomic E-state index is 13.9. The molecule has 4 rings (SSSR count). The lowest BCUT2D eigenvalue weighted by atomic mass is 9.88. The number of fused-ring (bicyclic) bond motifs is 2. The summed E-state index contributed by atoms with van der Waals surface area (Å²) in [6.45, 7) is 4.28. The van der Waals surface area contributed by atoms with Crippen LogP contribution in [-0.2, 0) is 0 Å². The Morgan fingerprint density at radius 1 is 1.04 bits per heavy atom. The highest BCUT2D eigenvalue weighted by molar-refractivity contribution is 6.27. The zero-order valence-corrected chi connectivity index (χ0v) is 14.1. The monoisotopic (exact) mass is 331 g/mol. The second kappa shape index (κ2) is 5.52. The van der Waals surface area contributed by atoms with Crippen LogP contribution in [-0.4, -0.2) is 11.7 Å². The molecule has 0 aliphatic carbocycles. The van der Waals surface area contributed by atoms with Crippen LogP contribution in [0, 0.1) is 11.2 Å². The molecular weight excluding hydrogens is 313 g/mol. The lowest BCUT2D eigenvalue weighted by molar-refractivity contribution is 0.628. The van der Waals surface area contributed by atoms with E-state index in [0.717, 1.165) is 27.5 Å². The highest BCUT2D eigenvalue weighted by Gasteiger charge is 2.25. The molecule has 0 saturated carbocycles. The van der Waals surface area contributed by atoms with Crippen molar-refractivity contribution in [1.82, 2.24) is 0 Å². The summed E-state index contributed by atoms with van der Waals surface area (Å²) in [6.07, 6.45) is 0. The van der Waals surface area contributed by atoms with Crippen molar-refractivity contribution >= 4 is 22.4 Å². The molecule has 1 heterocycles. The summed E-state index contributed by atoms with van der Waals surface area (Å²) < 4.78 is 13.9. The Morgan fingerprint density at radius 3 is 2.56 bits per heavy atom. The number of rotatable bonds is 2. The molecular formula is C21H18FN3. The highest BCUT2D eigenvalue weighted by atomic mass is 19.1. The topological polar surface area (TPSA) is 62.2 Å². The summed E-state index contributed by atoms with van der Waals surface area (Å²) in [5.74, 6) is 0.547. The van der Waals surface area contributed by atoms with Crippen molar-refractivity contribution in [3.05, 3.63) is 71.0 Å². The third kappa shape index (κ3) is 2.41. The average Bonchev–Trinajstić information content (AvgIpc) is 2.86. The van der Waals surface area contributed by atoms with Crippen molar-refractivity contribution in [3.63, 3.8) is 0 Å². The summed E-state index contributed by atoms with van der Waals surface area (Å²) >= 11 is 0. The van der Waals surface area contributed by atoms with E-state index in [0.29, 0.717) is 17.3 Å². The van der Waals surface area contributed by atoms with Gasteiger partial charge in [0.2, 0.25) is 0 Å². The van der Waals surface area contributed by atoms with Crippen LogP contribution < -0.4 is 5.73 Å². The number of nitrogens with two attached hydrogens (primary N) is 1. The summed E-state index contributed by atoms with van der Waals surface area (Å²) in [6, 6.07) is 14.7. The van der Waals surface area contributed by atoms with E-state index in [-0.39, 0.29) is 11.7 Å².